The Bertz CT molecular complexity index is 933. The zero-order chi connectivity index (χ0) is 19.4. The predicted octanol–water partition coefficient (Wildman–Crippen LogP) is 2.54. The van der Waals surface area contributed by atoms with Crippen molar-refractivity contribution >= 4 is 17.7 Å². The molecule has 1 fully saturated rings. The van der Waals surface area contributed by atoms with Crippen LogP contribution in [0.1, 0.15) is 5.76 Å². The Kier molecular flexibility index (Phi) is 5.33. The summed E-state index contributed by atoms with van der Waals surface area (Å²) in [5.74, 6) is 0.259. The number of nitriles is 1. The van der Waals surface area contributed by atoms with Gasteiger partial charge in [-0.2, -0.15) is 5.26 Å². The minimum absolute atomic E-state index is 0.0250. The Morgan fingerprint density at radius 2 is 1.93 bits per heavy atom. The first-order valence-electron chi connectivity index (χ1n) is 8.43. The van der Waals surface area contributed by atoms with E-state index in [4.69, 9.17) is 4.42 Å². The van der Waals surface area contributed by atoms with Crippen molar-refractivity contribution < 1.29 is 14.1 Å². The highest BCUT2D eigenvalue weighted by Crippen LogP contribution is 2.31. The highest BCUT2D eigenvalue weighted by atomic mass is 16.6. The number of nitrogens with zero attached hydrogens (tertiary/aromatic N) is 4. The van der Waals surface area contributed by atoms with Gasteiger partial charge in [-0.25, -0.2) is 0 Å². The highest BCUT2D eigenvalue weighted by Gasteiger charge is 2.23. The van der Waals surface area contributed by atoms with Gasteiger partial charge in [0, 0.05) is 38.3 Å². The van der Waals surface area contributed by atoms with Crippen LogP contribution in [0.4, 0.5) is 5.69 Å². The van der Waals surface area contributed by atoms with E-state index in [1.807, 2.05) is 13.1 Å². The van der Waals surface area contributed by atoms with E-state index in [1.54, 1.807) is 35.2 Å². The maximum absolute atomic E-state index is 12.5. The molecule has 0 bridgehead atoms. The molecule has 0 atom stereocenters. The van der Waals surface area contributed by atoms with Crippen LogP contribution in [0.15, 0.2) is 46.4 Å². The Morgan fingerprint density at radius 1 is 1.22 bits per heavy atom. The van der Waals surface area contributed by atoms with Crippen LogP contribution in [0.3, 0.4) is 0 Å². The lowest BCUT2D eigenvalue weighted by molar-refractivity contribution is -0.384. The van der Waals surface area contributed by atoms with Crippen LogP contribution in [0.5, 0.6) is 0 Å². The zero-order valence-corrected chi connectivity index (χ0v) is 14.8. The Labute approximate surface area is 156 Å². The monoisotopic (exact) mass is 366 g/mol. The highest BCUT2D eigenvalue weighted by molar-refractivity contribution is 6.01. The van der Waals surface area contributed by atoms with Gasteiger partial charge in [-0.1, -0.05) is 12.1 Å². The summed E-state index contributed by atoms with van der Waals surface area (Å²) in [5.41, 5.74) is 0.241. The second kappa shape index (κ2) is 7.85. The smallest absolute Gasteiger partial charge is 0.280 e. The van der Waals surface area contributed by atoms with Gasteiger partial charge in [0.05, 0.1) is 10.5 Å². The number of rotatable bonds is 4. The SMILES string of the molecule is CN1CCN(C(=O)/C(C#N)=C/c2ccc(-c3ccccc3[N+](=O)[O-])o2)CC1. The standard InChI is InChI=1S/C19H18N4O4/c1-21-8-10-22(11-9-21)19(24)14(13-20)12-15-6-7-18(27-15)16-4-2-3-5-17(16)23(25)26/h2-7,12H,8-11H2,1H3/b14-12+. The first-order valence-corrected chi connectivity index (χ1v) is 8.43. The lowest BCUT2D eigenvalue weighted by Crippen LogP contribution is -2.47. The van der Waals surface area contributed by atoms with Crippen molar-refractivity contribution in [3.8, 4) is 17.4 Å². The van der Waals surface area contributed by atoms with Crippen LogP contribution >= 0.6 is 0 Å². The molecule has 1 aliphatic heterocycles. The molecule has 8 heteroatoms. The van der Waals surface area contributed by atoms with Gasteiger partial charge in [0.15, 0.2) is 0 Å². The summed E-state index contributed by atoms with van der Waals surface area (Å²) in [6.45, 7) is 2.64. The number of amides is 1. The van der Waals surface area contributed by atoms with Crippen LogP contribution in [0, 0.1) is 21.4 Å². The molecule has 1 saturated heterocycles. The summed E-state index contributed by atoms with van der Waals surface area (Å²) in [7, 11) is 1.98. The third-order valence-electron chi connectivity index (χ3n) is 4.42. The van der Waals surface area contributed by atoms with E-state index < -0.39 is 4.92 Å². The van der Waals surface area contributed by atoms with Crippen LogP contribution in [0.25, 0.3) is 17.4 Å². The van der Waals surface area contributed by atoms with Gasteiger partial charge < -0.3 is 14.2 Å². The number of piperazine rings is 1. The molecule has 1 amide bonds. The fourth-order valence-electron chi connectivity index (χ4n) is 2.88. The number of furan rings is 1. The second-order valence-corrected chi connectivity index (χ2v) is 6.24. The summed E-state index contributed by atoms with van der Waals surface area (Å²) in [5, 5.41) is 20.5. The lowest BCUT2D eigenvalue weighted by atomic mass is 10.1. The number of para-hydroxylation sites is 1. The van der Waals surface area contributed by atoms with E-state index in [0.29, 0.717) is 30.2 Å². The van der Waals surface area contributed by atoms with Crippen LogP contribution < -0.4 is 0 Å². The van der Waals surface area contributed by atoms with Crippen LogP contribution in [-0.2, 0) is 4.79 Å². The van der Waals surface area contributed by atoms with Crippen molar-refractivity contribution in [2.45, 2.75) is 0 Å². The molecule has 1 aromatic carbocycles. The molecular formula is C19H18N4O4. The molecule has 2 aromatic rings. The number of hydrogen-bond donors (Lipinski definition) is 0. The molecule has 27 heavy (non-hydrogen) atoms. The molecule has 0 saturated carbocycles. The molecule has 8 nitrogen and oxygen atoms in total. The predicted molar refractivity (Wildman–Crippen MR) is 98.5 cm³/mol. The normalized spacial score (nSPS) is 15.4. The Morgan fingerprint density at radius 3 is 2.59 bits per heavy atom. The molecule has 138 valence electrons. The van der Waals surface area contributed by atoms with Gasteiger partial charge >= 0.3 is 0 Å². The van der Waals surface area contributed by atoms with E-state index in [9.17, 15) is 20.2 Å². The Balaban J connectivity index is 1.84. The van der Waals surface area contributed by atoms with Crippen molar-refractivity contribution in [3.05, 3.63) is 57.8 Å². The maximum atomic E-state index is 12.5. The van der Waals surface area contributed by atoms with Crippen molar-refractivity contribution in [1.29, 1.82) is 5.26 Å². The summed E-state index contributed by atoms with van der Waals surface area (Å²) in [6.07, 6.45) is 1.37. The van der Waals surface area contributed by atoms with E-state index in [0.717, 1.165) is 13.1 Å². The number of carbonyl (C=O) groups is 1. The third-order valence-corrected chi connectivity index (χ3v) is 4.42. The summed E-state index contributed by atoms with van der Waals surface area (Å²) >= 11 is 0. The minimum atomic E-state index is -0.481. The minimum Gasteiger partial charge on any atom is -0.456 e. The fraction of sp³-hybridized carbons (Fsp3) is 0.263. The van der Waals surface area contributed by atoms with Gasteiger partial charge in [0.2, 0.25) is 0 Å². The quantitative estimate of drug-likeness (QED) is 0.356. The molecule has 2 heterocycles. The van der Waals surface area contributed by atoms with E-state index in [1.165, 1.54) is 12.1 Å². The van der Waals surface area contributed by atoms with Crippen molar-refractivity contribution in [3.63, 3.8) is 0 Å². The van der Waals surface area contributed by atoms with Gasteiger partial charge in [0.25, 0.3) is 11.6 Å². The van der Waals surface area contributed by atoms with Crippen molar-refractivity contribution in [2.75, 3.05) is 33.2 Å². The number of nitro groups is 1. The lowest BCUT2D eigenvalue weighted by Gasteiger charge is -2.32. The number of likely N-dealkylation sites (N-methyl/N-ethyl adjacent to an activating group) is 1. The summed E-state index contributed by atoms with van der Waals surface area (Å²) in [6, 6.07) is 11.3. The van der Waals surface area contributed by atoms with Gasteiger partial charge in [-0.15, -0.1) is 0 Å². The first kappa shape index (κ1) is 18.4. The Hall–Kier alpha value is -3.44. The molecule has 0 N–H and O–H groups in total. The van der Waals surface area contributed by atoms with E-state index >= 15 is 0 Å². The maximum Gasteiger partial charge on any atom is 0.280 e. The molecule has 1 aromatic heterocycles. The number of benzene rings is 1. The van der Waals surface area contributed by atoms with Gasteiger partial charge in [-0.05, 0) is 25.2 Å². The fourth-order valence-corrected chi connectivity index (χ4v) is 2.88. The topological polar surface area (TPSA) is 104 Å². The van der Waals surface area contributed by atoms with Crippen LogP contribution in [0.2, 0.25) is 0 Å². The third kappa shape index (κ3) is 4.04. The summed E-state index contributed by atoms with van der Waals surface area (Å²) < 4.78 is 5.64. The number of hydrogen-bond acceptors (Lipinski definition) is 6. The van der Waals surface area contributed by atoms with Crippen LogP contribution in [-0.4, -0.2) is 53.9 Å². The number of carbonyl (C=O) groups excluding carboxylic acids is 1. The van der Waals surface area contributed by atoms with Crippen molar-refractivity contribution in [1.82, 2.24) is 9.80 Å². The van der Waals surface area contributed by atoms with Crippen molar-refractivity contribution in [2.24, 2.45) is 0 Å². The van der Waals surface area contributed by atoms with E-state index in [-0.39, 0.29) is 17.2 Å². The number of nitro benzene ring substituents is 1. The molecule has 0 unspecified atom stereocenters. The first-order chi connectivity index (χ1) is 13.0. The zero-order valence-electron chi connectivity index (χ0n) is 14.8. The van der Waals surface area contributed by atoms with Gasteiger partial charge in [-0.3, -0.25) is 14.9 Å². The molecular weight excluding hydrogens is 348 g/mol. The van der Waals surface area contributed by atoms with Gasteiger partial charge in [0.1, 0.15) is 23.2 Å². The molecule has 0 aliphatic carbocycles. The summed E-state index contributed by atoms with van der Waals surface area (Å²) in [4.78, 5) is 27.0. The molecule has 0 radical (unpaired) electrons. The average Bonchev–Trinajstić information content (AvgIpc) is 3.14. The van der Waals surface area contributed by atoms with E-state index in [2.05, 4.69) is 4.90 Å². The molecule has 0 spiro atoms. The largest absolute Gasteiger partial charge is 0.456 e. The average molecular weight is 366 g/mol. The molecule has 1 aliphatic rings. The second-order valence-electron chi connectivity index (χ2n) is 6.24. The molecule has 3 rings (SSSR count).